The summed E-state index contributed by atoms with van der Waals surface area (Å²) in [6.45, 7) is 0. The number of para-hydroxylation sites is 1. The summed E-state index contributed by atoms with van der Waals surface area (Å²) < 4.78 is 51.9. The molecule has 90 valence electrons. The zero-order chi connectivity index (χ0) is 12.6. The number of nitrogens with zero attached hydrogens (tertiary/aromatic N) is 2. The molecular weight excluding hydrogens is 304 g/mol. The zero-order valence-corrected chi connectivity index (χ0v) is 9.76. The Bertz CT molecular complexity index is 547. The van der Waals surface area contributed by atoms with E-state index in [9.17, 15) is 17.6 Å². The van der Waals surface area contributed by atoms with Crippen molar-refractivity contribution in [1.29, 1.82) is 0 Å². The van der Waals surface area contributed by atoms with Crippen LogP contribution < -0.4 is 0 Å². The van der Waals surface area contributed by atoms with Gasteiger partial charge in [0.05, 0.1) is 10.7 Å². The molecule has 0 radical (unpaired) electrons. The molecule has 2 nitrogen and oxygen atoms in total. The highest BCUT2D eigenvalue weighted by Crippen LogP contribution is 2.36. The predicted octanol–water partition coefficient (Wildman–Crippen LogP) is 3.79. The molecule has 0 bridgehead atoms. The molecule has 2 rings (SSSR count). The van der Waals surface area contributed by atoms with Gasteiger partial charge >= 0.3 is 6.18 Å². The second-order valence-corrected chi connectivity index (χ2v) is 4.06. The van der Waals surface area contributed by atoms with Crippen LogP contribution in [0.25, 0.3) is 5.69 Å². The third-order valence-corrected chi connectivity index (χ3v) is 2.65. The molecule has 1 aromatic heterocycles. The van der Waals surface area contributed by atoms with Crippen molar-refractivity contribution in [2.24, 2.45) is 0 Å². The first kappa shape index (κ1) is 12.1. The number of rotatable bonds is 1. The lowest BCUT2D eigenvalue weighted by atomic mass is 10.3. The van der Waals surface area contributed by atoms with Gasteiger partial charge in [-0.05, 0) is 28.1 Å². The van der Waals surface area contributed by atoms with Crippen molar-refractivity contribution in [2.75, 3.05) is 0 Å². The van der Waals surface area contributed by atoms with Gasteiger partial charge < -0.3 is 0 Å². The highest BCUT2D eigenvalue weighted by Gasteiger charge is 2.38. The number of hydrogen-bond acceptors (Lipinski definition) is 1. The van der Waals surface area contributed by atoms with Crippen molar-refractivity contribution in [3.05, 3.63) is 46.4 Å². The molecule has 17 heavy (non-hydrogen) atoms. The van der Waals surface area contributed by atoms with Gasteiger partial charge in [0.25, 0.3) is 0 Å². The van der Waals surface area contributed by atoms with Gasteiger partial charge in [-0.1, -0.05) is 12.1 Å². The summed E-state index contributed by atoms with van der Waals surface area (Å²) in [5.41, 5.74) is -1.28. The van der Waals surface area contributed by atoms with Gasteiger partial charge in [-0.3, -0.25) is 0 Å². The molecule has 0 amide bonds. The maximum atomic E-state index is 13.4. The average molecular weight is 309 g/mol. The van der Waals surface area contributed by atoms with Crippen LogP contribution in [-0.2, 0) is 6.18 Å². The Morgan fingerprint density at radius 1 is 1.18 bits per heavy atom. The van der Waals surface area contributed by atoms with Crippen LogP contribution in [0, 0.1) is 5.82 Å². The van der Waals surface area contributed by atoms with E-state index >= 15 is 0 Å². The number of halogens is 5. The van der Waals surface area contributed by atoms with E-state index in [1.54, 1.807) is 0 Å². The topological polar surface area (TPSA) is 17.8 Å². The first-order valence-electron chi connectivity index (χ1n) is 4.47. The van der Waals surface area contributed by atoms with Gasteiger partial charge in [-0.2, -0.15) is 18.3 Å². The van der Waals surface area contributed by atoms with Gasteiger partial charge in [0.15, 0.2) is 5.69 Å². The van der Waals surface area contributed by atoms with E-state index in [4.69, 9.17) is 0 Å². The van der Waals surface area contributed by atoms with Gasteiger partial charge in [0.2, 0.25) is 0 Å². The van der Waals surface area contributed by atoms with E-state index in [1.807, 2.05) is 0 Å². The molecular formula is C10H5BrF4N2. The van der Waals surface area contributed by atoms with Crippen LogP contribution in [0.15, 0.2) is 34.9 Å². The third-order valence-electron chi connectivity index (χ3n) is 2.07. The highest BCUT2D eigenvalue weighted by atomic mass is 79.9. The maximum absolute atomic E-state index is 13.4. The smallest absolute Gasteiger partial charge is 0.224 e. The minimum absolute atomic E-state index is 0.228. The van der Waals surface area contributed by atoms with Crippen LogP contribution in [-0.4, -0.2) is 9.78 Å². The summed E-state index contributed by atoms with van der Waals surface area (Å²) in [4.78, 5) is 0. The lowest BCUT2D eigenvalue weighted by Gasteiger charge is -2.11. The molecule has 0 saturated carbocycles. The van der Waals surface area contributed by atoms with Crippen LogP contribution in [0.3, 0.4) is 0 Å². The molecule has 0 spiro atoms. The van der Waals surface area contributed by atoms with E-state index in [0.29, 0.717) is 4.68 Å². The largest absolute Gasteiger partial charge is 0.434 e. The third kappa shape index (κ3) is 2.19. The predicted molar refractivity (Wildman–Crippen MR) is 56.2 cm³/mol. The quantitative estimate of drug-likeness (QED) is 0.733. The van der Waals surface area contributed by atoms with Crippen LogP contribution in [0.2, 0.25) is 0 Å². The molecule has 7 heteroatoms. The maximum Gasteiger partial charge on any atom is 0.434 e. The van der Waals surface area contributed by atoms with Crippen molar-refractivity contribution in [3.63, 3.8) is 0 Å². The summed E-state index contributed by atoms with van der Waals surface area (Å²) in [7, 11) is 0. The summed E-state index contributed by atoms with van der Waals surface area (Å²) in [5, 5.41) is 3.52. The molecule has 2 aromatic rings. The minimum Gasteiger partial charge on any atom is -0.224 e. The first-order chi connectivity index (χ1) is 7.91. The van der Waals surface area contributed by atoms with Gasteiger partial charge in [0, 0.05) is 0 Å². The summed E-state index contributed by atoms with van der Waals surface area (Å²) in [6.07, 6.45) is -3.63. The normalized spacial score (nSPS) is 11.8. The summed E-state index contributed by atoms with van der Waals surface area (Å²) in [6, 6.07) is 5.13. The molecule has 0 aliphatic heterocycles. The Morgan fingerprint density at radius 2 is 1.82 bits per heavy atom. The molecule has 1 aromatic carbocycles. The average Bonchev–Trinajstić information content (AvgIpc) is 2.60. The molecule has 0 fully saturated rings. The highest BCUT2D eigenvalue weighted by molar-refractivity contribution is 9.10. The second-order valence-electron chi connectivity index (χ2n) is 3.20. The molecule has 0 saturated heterocycles. The molecule has 0 atom stereocenters. The molecule has 0 N–H and O–H groups in total. The Labute approximate surface area is 102 Å². The number of alkyl halides is 3. The Hall–Kier alpha value is -1.37. The summed E-state index contributed by atoms with van der Waals surface area (Å²) in [5.74, 6) is -0.770. The van der Waals surface area contributed by atoms with E-state index in [1.165, 1.54) is 18.2 Å². The lowest BCUT2D eigenvalue weighted by molar-refractivity contribution is -0.143. The zero-order valence-electron chi connectivity index (χ0n) is 8.17. The fourth-order valence-electron chi connectivity index (χ4n) is 1.39. The number of benzene rings is 1. The Kier molecular flexibility index (Phi) is 2.94. The van der Waals surface area contributed by atoms with Gasteiger partial charge in [0.1, 0.15) is 11.5 Å². The van der Waals surface area contributed by atoms with Crippen LogP contribution in [0.1, 0.15) is 5.69 Å². The van der Waals surface area contributed by atoms with Crippen molar-refractivity contribution < 1.29 is 17.6 Å². The van der Waals surface area contributed by atoms with E-state index in [0.717, 1.165) is 12.3 Å². The van der Waals surface area contributed by atoms with Crippen molar-refractivity contribution in [2.45, 2.75) is 6.18 Å². The van der Waals surface area contributed by atoms with Gasteiger partial charge in [-0.15, -0.1) is 0 Å². The van der Waals surface area contributed by atoms with E-state index in [2.05, 4.69) is 21.0 Å². The van der Waals surface area contributed by atoms with E-state index < -0.39 is 17.7 Å². The first-order valence-corrected chi connectivity index (χ1v) is 5.26. The molecule has 0 unspecified atom stereocenters. The fraction of sp³-hybridized carbons (Fsp3) is 0.100. The lowest BCUT2D eigenvalue weighted by Crippen LogP contribution is -2.14. The molecule has 1 heterocycles. The fourth-order valence-corrected chi connectivity index (χ4v) is 1.87. The second kappa shape index (κ2) is 4.14. The molecule has 0 aliphatic rings. The van der Waals surface area contributed by atoms with Gasteiger partial charge in [-0.25, -0.2) is 9.07 Å². The Balaban J connectivity index is 2.66. The van der Waals surface area contributed by atoms with Crippen molar-refractivity contribution in [1.82, 2.24) is 9.78 Å². The van der Waals surface area contributed by atoms with Crippen molar-refractivity contribution >= 4 is 15.9 Å². The Morgan fingerprint density at radius 3 is 2.41 bits per heavy atom. The SMILES string of the molecule is Fc1ccccc1-n1ncc(Br)c1C(F)(F)F. The minimum atomic E-state index is -4.61. The van der Waals surface area contributed by atoms with Crippen LogP contribution in [0.4, 0.5) is 17.6 Å². The van der Waals surface area contributed by atoms with Crippen molar-refractivity contribution in [3.8, 4) is 5.69 Å². The van der Waals surface area contributed by atoms with Crippen LogP contribution >= 0.6 is 15.9 Å². The molecule has 0 aliphatic carbocycles. The number of hydrogen-bond donors (Lipinski definition) is 0. The standard InChI is InChI=1S/C10H5BrF4N2/c11-6-5-16-17(9(6)10(13,14)15)8-4-2-1-3-7(8)12/h1-5H. The number of aromatic nitrogens is 2. The summed E-state index contributed by atoms with van der Waals surface area (Å²) >= 11 is 2.75. The van der Waals surface area contributed by atoms with E-state index in [-0.39, 0.29) is 10.2 Å². The van der Waals surface area contributed by atoms with Crippen LogP contribution in [0.5, 0.6) is 0 Å². The monoisotopic (exact) mass is 308 g/mol.